The number of hydrogen-bond acceptors (Lipinski definition) is 5. The van der Waals surface area contributed by atoms with Crippen LogP contribution >= 0.6 is 0 Å². The van der Waals surface area contributed by atoms with Crippen molar-refractivity contribution in [3.05, 3.63) is 59.7 Å². The van der Waals surface area contributed by atoms with Gasteiger partial charge < -0.3 is 24.2 Å². The Kier molecular flexibility index (Phi) is 5.55. The van der Waals surface area contributed by atoms with Crippen molar-refractivity contribution in [1.29, 1.82) is 0 Å². The van der Waals surface area contributed by atoms with E-state index < -0.39 is 5.60 Å². The molecule has 2 fully saturated rings. The third-order valence-corrected chi connectivity index (χ3v) is 7.12. The fourth-order valence-corrected chi connectivity index (χ4v) is 5.42. The fourth-order valence-electron chi connectivity index (χ4n) is 5.42. The second-order valence-corrected chi connectivity index (χ2v) is 8.90. The minimum absolute atomic E-state index is 0.0290. The minimum Gasteiger partial charge on any atom is -0.497 e. The first-order valence-electron chi connectivity index (χ1n) is 11.3. The van der Waals surface area contributed by atoms with Crippen LogP contribution in [0, 0.1) is 5.92 Å². The van der Waals surface area contributed by atoms with E-state index in [1.807, 2.05) is 53.4 Å². The van der Waals surface area contributed by atoms with Crippen LogP contribution in [0.3, 0.4) is 0 Å². The highest BCUT2D eigenvalue weighted by molar-refractivity contribution is 5.92. The first-order valence-corrected chi connectivity index (χ1v) is 11.3. The van der Waals surface area contributed by atoms with Crippen LogP contribution in [0.1, 0.15) is 49.3 Å². The highest BCUT2D eigenvalue weighted by Crippen LogP contribution is 2.49. The van der Waals surface area contributed by atoms with E-state index in [1.165, 1.54) is 0 Å². The number of fused-ring (bicyclic) bond motifs is 2. The van der Waals surface area contributed by atoms with Crippen molar-refractivity contribution in [3.8, 4) is 17.2 Å². The lowest BCUT2D eigenvalue weighted by molar-refractivity contribution is -0.150. The molecule has 6 heteroatoms. The Morgan fingerprint density at radius 1 is 1.12 bits per heavy atom. The largest absolute Gasteiger partial charge is 0.497 e. The Balaban J connectivity index is 1.43. The summed E-state index contributed by atoms with van der Waals surface area (Å²) in [5.74, 6) is 2.18. The van der Waals surface area contributed by atoms with Gasteiger partial charge in [0, 0.05) is 18.5 Å². The summed E-state index contributed by atoms with van der Waals surface area (Å²) < 4.78 is 16.1. The zero-order valence-electron chi connectivity index (χ0n) is 18.3. The Bertz CT molecular complexity index is 1020. The van der Waals surface area contributed by atoms with E-state index in [0.29, 0.717) is 18.7 Å². The molecule has 2 aromatic carbocycles. The second kappa shape index (κ2) is 8.51. The summed E-state index contributed by atoms with van der Waals surface area (Å²) in [6.45, 7) is 0.761. The zero-order chi connectivity index (χ0) is 22.1. The number of amides is 1. The monoisotopic (exact) mass is 435 g/mol. The van der Waals surface area contributed by atoms with Gasteiger partial charge in [-0.2, -0.15) is 0 Å². The van der Waals surface area contributed by atoms with Crippen LogP contribution in [0.4, 0.5) is 0 Å². The average molecular weight is 436 g/mol. The number of rotatable bonds is 4. The number of likely N-dealkylation sites (tertiary alicyclic amines) is 1. The number of hydrogen-bond donors (Lipinski definition) is 1. The van der Waals surface area contributed by atoms with Crippen molar-refractivity contribution in [2.45, 2.75) is 43.7 Å². The van der Waals surface area contributed by atoms with Crippen molar-refractivity contribution >= 4 is 12.0 Å². The lowest BCUT2D eigenvalue weighted by Gasteiger charge is -2.52. The molecule has 3 atom stereocenters. The van der Waals surface area contributed by atoms with Crippen molar-refractivity contribution in [3.63, 3.8) is 0 Å². The fraction of sp³-hybridized carbons (Fsp3) is 0.423. The number of ether oxygens (including phenoxy) is 3. The number of benzene rings is 2. The van der Waals surface area contributed by atoms with Crippen LogP contribution in [-0.2, 0) is 4.79 Å². The maximum Gasteiger partial charge on any atom is 0.247 e. The van der Waals surface area contributed by atoms with Crippen molar-refractivity contribution in [2.75, 3.05) is 20.4 Å². The number of carbonyl (C=O) groups excluding carboxylic acids is 1. The zero-order valence-corrected chi connectivity index (χ0v) is 18.3. The molecule has 2 aliphatic heterocycles. The van der Waals surface area contributed by atoms with Gasteiger partial charge in [-0.3, -0.25) is 4.79 Å². The molecule has 1 N–H and O–H groups in total. The minimum atomic E-state index is -0.708. The van der Waals surface area contributed by atoms with Crippen LogP contribution in [0.5, 0.6) is 17.2 Å². The molecule has 2 heterocycles. The molecule has 3 aliphatic rings. The molecule has 5 rings (SSSR count). The first kappa shape index (κ1) is 20.9. The molecule has 0 spiro atoms. The summed E-state index contributed by atoms with van der Waals surface area (Å²) in [6, 6.07) is 13.4. The molecule has 1 aliphatic carbocycles. The summed E-state index contributed by atoms with van der Waals surface area (Å²) in [5.41, 5.74) is 1.22. The molecule has 0 bridgehead atoms. The number of methoxy groups -OCH3 is 1. The molecule has 32 heavy (non-hydrogen) atoms. The maximum atomic E-state index is 13.4. The van der Waals surface area contributed by atoms with Gasteiger partial charge in [0.25, 0.3) is 0 Å². The molecule has 1 saturated carbocycles. The summed E-state index contributed by atoms with van der Waals surface area (Å²) in [5, 5.41) is 11.4. The lowest BCUT2D eigenvalue weighted by atomic mass is 9.66. The smallest absolute Gasteiger partial charge is 0.247 e. The lowest BCUT2D eigenvalue weighted by Crippen LogP contribution is -2.56. The molecule has 2 aromatic rings. The highest BCUT2D eigenvalue weighted by Gasteiger charge is 2.49. The summed E-state index contributed by atoms with van der Waals surface area (Å²) in [7, 11) is 1.65. The molecule has 0 unspecified atom stereocenters. The van der Waals surface area contributed by atoms with Gasteiger partial charge in [-0.15, -0.1) is 0 Å². The molecule has 6 nitrogen and oxygen atoms in total. The van der Waals surface area contributed by atoms with Gasteiger partial charge in [0.2, 0.25) is 12.7 Å². The molecular formula is C26H29NO5. The van der Waals surface area contributed by atoms with Crippen LogP contribution in [0.25, 0.3) is 6.08 Å². The Morgan fingerprint density at radius 3 is 2.75 bits per heavy atom. The van der Waals surface area contributed by atoms with Crippen molar-refractivity contribution in [1.82, 2.24) is 4.90 Å². The standard InChI is InChI=1S/C26H29NO5/c1-30-20-9-7-19(8-10-20)25-21-4-2-3-13-26(21,29)14-15-27(25)24(28)12-6-18-5-11-22-23(16-18)32-17-31-22/h5-12,16,21,25,29H,2-4,13-15,17H2,1H3/b12-6+/t21-,25-,26-/m0/s1. The van der Waals surface area contributed by atoms with Crippen molar-refractivity contribution in [2.24, 2.45) is 5.92 Å². The number of piperidine rings is 1. The summed E-state index contributed by atoms with van der Waals surface area (Å²) >= 11 is 0. The number of nitrogens with zero attached hydrogens (tertiary/aromatic N) is 1. The third kappa shape index (κ3) is 3.84. The van der Waals surface area contributed by atoms with E-state index in [4.69, 9.17) is 14.2 Å². The van der Waals surface area contributed by atoms with Gasteiger partial charge in [-0.05, 0) is 60.7 Å². The normalized spacial score (nSPS) is 26.8. The van der Waals surface area contributed by atoms with E-state index >= 15 is 0 Å². The highest BCUT2D eigenvalue weighted by atomic mass is 16.7. The topological polar surface area (TPSA) is 68.2 Å². The van der Waals surface area contributed by atoms with Gasteiger partial charge in [-0.25, -0.2) is 0 Å². The molecule has 0 aromatic heterocycles. The predicted molar refractivity (Wildman–Crippen MR) is 121 cm³/mol. The van der Waals surface area contributed by atoms with Gasteiger partial charge in [-0.1, -0.05) is 31.0 Å². The predicted octanol–water partition coefficient (Wildman–Crippen LogP) is 4.33. The summed E-state index contributed by atoms with van der Waals surface area (Å²) in [4.78, 5) is 15.3. The van der Waals surface area contributed by atoms with Crippen LogP contribution in [0.2, 0.25) is 0 Å². The second-order valence-electron chi connectivity index (χ2n) is 8.90. The van der Waals surface area contributed by atoms with E-state index in [0.717, 1.165) is 48.3 Å². The Morgan fingerprint density at radius 2 is 1.94 bits per heavy atom. The maximum absolute atomic E-state index is 13.4. The van der Waals surface area contributed by atoms with E-state index in [-0.39, 0.29) is 24.7 Å². The SMILES string of the molecule is COc1ccc([C@H]2[C@@H]3CCCC[C@]3(O)CCN2C(=O)/C=C/c2ccc3c(c2)OCO3)cc1. The van der Waals surface area contributed by atoms with E-state index in [2.05, 4.69) is 0 Å². The first-order chi connectivity index (χ1) is 15.6. The third-order valence-electron chi connectivity index (χ3n) is 7.12. The Hall–Kier alpha value is -2.99. The van der Waals surface area contributed by atoms with Gasteiger partial charge in [0.05, 0.1) is 18.8 Å². The van der Waals surface area contributed by atoms with E-state index in [1.54, 1.807) is 13.2 Å². The number of carbonyl (C=O) groups is 1. The van der Waals surface area contributed by atoms with Gasteiger partial charge in [0.15, 0.2) is 11.5 Å². The molecule has 1 saturated heterocycles. The van der Waals surface area contributed by atoms with Crippen LogP contribution in [-0.4, -0.2) is 42.0 Å². The van der Waals surface area contributed by atoms with Crippen molar-refractivity contribution < 1.29 is 24.1 Å². The molecule has 0 radical (unpaired) electrons. The average Bonchev–Trinajstić information content (AvgIpc) is 3.29. The Labute approximate surface area is 188 Å². The van der Waals surface area contributed by atoms with Crippen LogP contribution < -0.4 is 14.2 Å². The van der Waals surface area contributed by atoms with E-state index in [9.17, 15) is 9.90 Å². The summed E-state index contributed by atoms with van der Waals surface area (Å²) in [6.07, 6.45) is 7.91. The molecule has 1 amide bonds. The quantitative estimate of drug-likeness (QED) is 0.724. The molecule has 168 valence electrons. The number of aliphatic hydroxyl groups is 1. The van der Waals surface area contributed by atoms with Crippen LogP contribution in [0.15, 0.2) is 48.5 Å². The van der Waals surface area contributed by atoms with Gasteiger partial charge in [0.1, 0.15) is 5.75 Å². The molecular weight excluding hydrogens is 406 g/mol. The van der Waals surface area contributed by atoms with Gasteiger partial charge >= 0.3 is 0 Å².